The summed E-state index contributed by atoms with van der Waals surface area (Å²) in [6.07, 6.45) is 5.88. The van der Waals surface area contributed by atoms with Gasteiger partial charge >= 0.3 is 0 Å². The summed E-state index contributed by atoms with van der Waals surface area (Å²) >= 11 is 0. The van der Waals surface area contributed by atoms with Crippen LogP contribution in [0.25, 0.3) is 0 Å². The molecule has 0 aliphatic heterocycles. The Hall–Kier alpha value is -1.40. The van der Waals surface area contributed by atoms with Crippen molar-refractivity contribution in [1.82, 2.24) is 10.0 Å². The van der Waals surface area contributed by atoms with Crippen LogP contribution < -0.4 is 10.0 Å². The molecule has 0 atom stereocenters. The molecule has 0 aromatic heterocycles. The Bertz CT molecular complexity index is 590. The van der Waals surface area contributed by atoms with E-state index in [1.807, 2.05) is 0 Å². The van der Waals surface area contributed by atoms with Crippen molar-refractivity contribution in [3.8, 4) is 0 Å². The van der Waals surface area contributed by atoms with Crippen LogP contribution in [0.2, 0.25) is 0 Å². The zero-order valence-electron chi connectivity index (χ0n) is 13.0. The SMILES string of the molecule is CC(=O)NCc1ccc(S(=O)(=O)NCC2CCCCC2)cc1. The second kappa shape index (κ2) is 7.74. The number of rotatable bonds is 6. The van der Waals surface area contributed by atoms with Crippen LogP contribution in [0.1, 0.15) is 44.6 Å². The Balaban J connectivity index is 1.92. The molecule has 1 saturated carbocycles. The third-order valence-electron chi connectivity index (χ3n) is 4.06. The van der Waals surface area contributed by atoms with Gasteiger partial charge in [0, 0.05) is 20.0 Å². The highest BCUT2D eigenvalue weighted by atomic mass is 32.2. The fourth-order valence-corrected chi connectivity index (χ4v) is 3.83. The van der Waals surface area contributed by atoms with Gasteiger partial charge in [0.05, 0.1) is 4.90 Å². The van der Waals surface area contributed by atoms with Crippen LogP contribution in [-0.2, 0) is 21.4 Å². The summed E-state index contributed by atoms with van der Waals surface area (Å²) in [5.74, 6) is 0.355. The highest BCUT2D eigenvalue weighted by Gasteiger charge is 2.18. The average molecular weight is 324 g/mol. The molecule has 0 saturated heterocycles. The van der Waals surface area contributed by atoms with Gasteiger partial charge in [-0.05, 0) is 36.5 Å². The predicted octanol–water partition coefficient (Wildman–Crippen LogP) is 2.18. The summed E-state index contributed by atoms with van der Waals surface area (Å²) in [5.41, 5.74) is 0.876. The van der Waals surface area contributed by atoms with E-state index in [-0.39, 0.29) is 10.8 Å². The molecule has 22 heavy (non-hydrogen) atoms. The number of sulfonamides is 1. The lowest BCUT2D eigenvalue weighted by Gasteiger charge is -2.21. The molecule has 6 heteroatoms. The molecular formula is C16H24N2O3S. The molecule has 2 N–H and O–H groups in total. The molecule has 1 aromatic rings. The van der Waals surface area contributed by atoms with Gasteiger partial charge in [-0.1, -0.05) is 31.4 Å². The minimum atomic E-state index is -3.45. The Morgan fingerprint density at radius 2 is 1.77 bits per heavy atom. The van der Waals surface area contributed by atoms with E-state index in [1.165, 1.54) is 26.2 Å². The summed E-state index contributed by atoms with van der Waals surface area (Å²) in [6, 6.07) is 6.62. The van der Waals surface area contributed by atoms with E-state index < -0.39 is 10.0 Å². The number of hydrogen-bond acceptors (Lipinski definition) is 3. The van der Waals surface area contributed by atoms with Crippen molar-refractivity contribution in [2.75, 3.05) is 6.54 Å². The van der Waals surface area contributed by atoms with Crippen molar-refractivity contribution in [3.63, 3.8) is 0 Å². The second-order valence-electron chi connectivity index (χ2n) is 5.91. The normalized spacial score (nSPS) is 16.4. The molecule has 1 aliphatic carbocycles. The highest BCUT2D eigenvalue weighted by Crippen LogP contribution is 2.23. The number of benzene rings is 1. The quantitative estimate of drug-likeness (QED) is 0.842. The van der Waals surface area contributed by atoms with Gasteiger partial charge in [-0.2, -0.15) is 0 Å². The Morgan fingerprint density at radius 3 is 2.36 bits per heavy atom. The van der Waals surface area contributed by atoms with E-state index >= 15 is 0 Å². The van der Waals surface area contributed by atoms with Gasteiger partial charge in [-0.3, -0.25) is 4.79 Å². The highest BCUT2D eigenvalue weighted by molar-refractivity contribution is 7.89. The maximum absolute atomic E-state index is 12.3. The summed E-state index contributed by atoms with van der Waals surface area (Å²) in [6.45, 7) is 2.38. The van der Waals surface area contributed by atoms with Crippen LogP contribution >= 0.6 is 0 Å². The lowest BCUT2D eigenvalue weighted by Crippen LogP contribution is -2.30. The number of carbonyl (C=O) groups is 1. The predicted molar refractivity (Wildman–Crippen MR) is 85.7 cm³/mol. The topological polar surface area (TPSA) is 75.3 Å². The average Bonchev–Trinajstić information content (AvgIpc) is 2.52. The van der Waals surface area contributed by atoms with E-state index in [0.29, 0.717) is 19.0 Å². The van der Waals surface area contributed by atoms with E-state index in [2.05, 4.69) is 10.0 Å². The van der Waals surface area contributed by atoms with Crippen molar-refractivity contribution in [2.45, 2.75) is 50.5 Å². The maximum Gasteiger partial charge on any atom is 0.240 e. The molecule has 1 fully saturated rings. The summed E-state index contributed by atoms with van der Waals surface area (Å²) in [5, 5.41) is 2.68. The van der Waals surface area contributed by atoms with Gasteiger partial charge in [0.1, 0.15) is 0 Å². The lowest BCUT2D eigenvalue weighted by molar-refractivity contribution is -0.119. The van der Waals surface area contributed by atoms with Gasteiger partial charge < -0.3 is 5.32 Å². The Kier molecular flexibility index (Phi) is 5.97. The minimum Gasteiger partial charge on any atom is -0.352 e. The van der Waals surface area contributed by atoms with Crippen molar-refractivity contribution in [2.24, 2.45) is 5.92 Å². The molecular weight excluding hydrogens is 300 g/mol. The van der Waals surface area contributed by atoms with Crippen molar-refractivity contribution in [1.29, 1.82) is 0 Å². The molecule has 2 rings (SSSR count). The molecule has 0 unspecified atom stereocenters. The van der Waals surface area contributed by atoms with E-state index in [4.69, 9.17) is 0 Å². The molecule has 0 bridgehead atoms. The molecule has 0 spiro atoms. The monoisotopic (exact) mass is 324 g/mol. The molecule has 1 aliphatic rings. The van der Waals surface area contributed by atoms with Gasteiger partial charge in [0.25, 0.3) is 0 Å². The smallest absolute Gasteiger partial charge is 0.240 e. The zero-order valence-corrected chi connectivity index (χ0v) is 13.8. The van der Waals surface area contributed by atoms with Crippen LogP contribution in [0.15, 0.2) is 29.2 Å². The molecule has 0 radical (unpaired) electrons. The van der Waals surface area contributed by atoms with Crippen LogP contribution in [0.5, 0.6) is 0 Å². The zero-order chi connectivity index (χ0) is 16.0. The number of carbonyl (C=O) groups excluding carboxylic acids is 1. The Labute approximate surface area is 132 Å². The number of nitrogens with one attached hydrogen (secondary N) is 2. The minimum absolute atomic E-state index is 0.106. The summed E-state index contributed by atoms with van der Waals surface area (Å²) in [4.78, 5) is 11.1. The first-order valence-electron chi connectivity index (χ1n) is 7.80. The first-order chi connectivity index (χ1) is 10.5. The van der Waals surface area contributed by atoms with Gasteiger partial charge in [-0.15, -0.1) is 0 Å². The molecule has 0 heterocycles. The van der Waals surface area contributed by atoms with Crippen molar-refractivity contribution in [3.05, 3.63) is 29.8 Å². The lowest BCUT2D eigenvalue weighted by atomic mass is 9.90. The third-order valence-corrected chi connectivity index (χ3v) is 5.50. The maximum atomic E-state index is 12.3. The van der Waals surface area contributed by atoms with Crippen molar-refractivity contribution >= 4 is 15.9 Å². The van der Waals surface area contributed by atoms with Gasteiger partial charge in [-0.25, -0.2) is 13.1 Å². The molecule has 5 nitrogen and oxygen atoms in total. The van der Waals surface area contributed by atoms with Crippen LogP contribution in [-0.4, -0.2) is 20.9 Å². The van der Waals surface area contributed by atoms with Gasteiger partial charge in [0.15, 0.2) is 0 Å². The number of amides is 1. The molecule has 1 aromatic carbocycles. The van der Waals surface area contributed by atoms with Crippen LogP contribution in [0.3, 0.4) is 0 Å². The van der Waals surface area contributed by atoms with Crippen LogP contribution in [0.4, 0.5) is 0 Å². The van der Waals surface area contributed by atoms with E-state index in [1.54, 1.807) is 24.3 Å². The van der Waals surface area contributed by atoms with E-state index in [9.17, 15) is 13.2 Å². The molecule has 1 amide bonds. The van der Waals surface area contributed by atoms with Gasteiger partial charge in [0.2, 0.25) is 15.9 Å². The Morgan fingerprint density at radius 1 is 1.14 bits per heavy atom. The summed E-state index contributed by atoms with van der Waals surface area (Å²) < 4.78 is 27.3. The fraction of sp³-hybridized carbons (Fsp3) is 0.562. The standard InChI is InChI=1S/C16H24N2O3S/c1-13(19)17-11-15-7-9-16(10-8-15)22(20,21)18-12-14-5-3-2-4-6-14/h7-10,14,18H,2-6,11-12H2,1H3,(H,17,19). The fourth-order valence-electron chi connectivity index (χ4n) is 2.72. The number of hydrogen-bond donors (Lipinski definition) is 2. The molecule has 122 valence electrons. The van der Waals surface area contributed by atoms with Crippen molar-refractivity contribution < 1.29 is 13.2 Å². The summed E-state index contributed by atoms with van der Waals surface area (Å²) in [7, 11) is -3.45. The largest absolute Gasteiger partial charge is 0.352 e. The first kappa shape index (κ1) is 17.0. The first-order valence-corrected chi connectivity index (χ1v) is 9.29. The second-order valence-corrected chi connectivity index (χ2v) is 7.68. The third kappa shape index (κ3) is 5.10. The van der Waals surface area contributed by atoms with Crippen LogP contribution in [0, 0.1) is 5.92 Å². The van der Waals surface area contributed by atoms with E-state index in [0.717, 1.165) is 18.4 Å².